The molecule has 0 aliphatic heterocycles. The average molecular weight is 448 g/mol. The standard InChI is InChI=1S/C15H24N6O2.HI/c1-6-16-14(18-8-12-20-10(2)23-21-12)19-9-13-17-7-11(22-13)15(3,4)5;/h7H,6,8-9H2,1-5H3,(H2,16,18,19);1H. The Morgan fingerprint density at radius 3 is 2.58 bits per heavy atom. The van der Waals surface area contributed by atoms with Gasteiger partial charge in [0.2, 0.25) is 11.8 Å². The number of halogens is 1. The Bertz CT molecular complexity index is 659. The second-order valence-electron chi connectivity index (χ2n) is 6.15. The molecule has 2 aromatic rings. The van der Waals surface area contributed by atoms with Crippen molar-refractivity contribution in [2.75, 3.05) is 6.54 Å². The fourth-order valence-corrected chi connectivity index (χ4v) is 1.80. The van der Waals surface area contributed by atoms with E-state index < -0.39 is 0 Å². The Kier molecular flexibility index (Phi) is 7.64. The monoisotopic (exact) mass is 448 g/mol. The summed E-state index contributed by atoms with van der Waals surface area (Å²) in [5.74, 6) is 3.20. The third-order valence-corrected chi connectivity index (χ3v) is 2.99. The van der Waals surface area contributed by atoms with Crippen LogP contribution in [0.25, 0.3) is 0 Å². The zero-order valence-electron chi connectivity index (χ0n) is 14.7. The molecule has 0 fully saturated rings. The van der Waals surface area contributed by atoms with Crippen LogP contribution in [0.4, 0.5) is 0 Å². The van der Waals surface area contributed by atoms with E-state index in [1.54, 1.807) is 13.1 Å². The van der Waals surface area contributed by atoms with Crippen LogP contribution in [0.5, 0.6) is 0 Å². The number of rotatable bonds is 5. The van der Waals surface area contributed by atoms with Crippen LogP contribution in [-0.2, 0) is 18.5 Å². The van der Waals surface area contributed by atoms with Crippen LogP contribution in [0.15, 0.2) is 20.1 Å². The normalized spacial score (nSPS) is 12.0. The minimum Gasteiger partial charge on any atom is -0.443 e. The molecule has 24 heavy (non-hydrogen) atoms. The summed E-state index contributed by atoms with van der Waals surface area (Å²) in [6.07, 6.45) is 1.77. The molecule has 0 atom stereocenters. The van der Waals surface area contributed by atoms with Crippen molar-refractivity contribution in [3.63, 3.8) is 0 Å². The molecular formula is C15H25IN6O2. The van der Waals surface area contributed by atoms with Crippen LogP contribution >= 0.6 is 24.0 Å². The third kappa shape index (κ3) is 6.10. The number of hydrogen-bond donors (Lipinski definition) is 2. The van der Waals surface area contributed by atoms with Gasteiger partial charge in [-0.3, -0.25) is 0 Å². The maximum absolute atomic E-state index is 5.75. The minimum atomic E-state index is -0.0552. The maximum atomic E-state index is 5.75. The highest BCUT2D eigenvalue weighted by molar-refractivity contribution is 14.0. The number of oxazole rings is 1. The third-order valence-electron chi connectivity index (χ3n) is 2.99. The van der Waals surface area contributed by atoms with Crippen molar-refractivity contribution in [3.8, 4) is 0 Å². The number of nitrogens with zero attached hydrogens (tertiary/aromatic N) is 4. The van der Waals surface area contributed by atoms with E-state index in [9.17, 15) is 0 Å². The van der Waals surface area contributed by atoms with Crippen molar-refractivity contribution in [2.24, 2.45) is 4.99 Å². The van der Waals surface area contributed by atoms with Crippen LogP contribution in [0.1, 0.15) is 51.1 Å². The van der Waals surface area contributed by atoms with Gasteiger partial charge in [0.15, 0.2) is 11.8 Å². The summed E-state index contributed by atoms with van der Waals surface area (Å²) in [5.41, 5.74) is -0.0552. The largest absolute Gasteiger partial charge is 0.443 e. The molecule has 134 valence electrons. The molecule has 2 rings (SSSR count). The first-order valence-electron chi connectivity index (χ1n) is 7.65. The highest BCUT2D eigenvalue weighted by Crippen LogP contribution is 2.22. The Morgan fingerprint density at radius 1 is 1.29 bits per heavy atom. The highest BCUT2D eigenvalue weighted by atomic mass is 127. The van der Waals surface area contributed by atoms with E-state index in [1.807, 2.05) is 6.92 Å². The van der Waals surface area contributed by atoms with Crippen molar-refractivity contribution in [1.82, 2.24) is 25.8 Å². The predicted octanol–water partition coefficient (Wildman–Crippen LogP) is 2.54. The van der Waals surface area contributed by atoms with Gasteiger partial charge in [0.05, 0.1) is 12.7 Å². The maximum Gasteiger partial charge on any atom is 0.223 e. The lowest BCUT2D eigenvalue weighted by Gasteiger charge is -2.13. The molecule has 0 aliphatic carbocycles. The van der Waals surface area contributed by atoms with E-state index >= 15 is 0 Å². The lowest BCUT2D eigenvalue weighted by Crippen LogP contribution is -2.36. The summed E-state index contributed by atoms with van der Waals surface area (Å²) in [7, 11) is 0. The summed E-state index contributed by atoms with van der Waals surface area (Å²) >= 11 is 0. The molecule has 0 bridgehead atoms. The lowest BCUT2D eigenvalue weighted by atomic mass is 9.94. The van der Waals surface area contributed by atoms with Gasteiger partial charge in [0.1, 0.15) is 12.3 Å². The lowest BCUT2D eigenvalue weighted by molar-refractivity contribution is 0.379. The van der Waals surface area contributed by atoms with Crippen LogP contribution in [0.3, 0.4) is 0 Å². The second-order valence-corrected chi connectivity index (χ2v) is 6.15. The summed E-state index contributed by atoms with van der Waals surface area (Å²) < 4.78 is 10.7. The predicted molar refractivity (Wildman–Crippen MR) is 101 cm³/mol. The number of guanidine groups is 1. The van der Waals surface area contributed by atoms with Crippen molar-refractivity contribution >= 4 is 29.9 Å². The molecule has 9 heteroatoms. The van der Waals surface area contributed by atoms with E-state index in [0.29, 0.717) is 36.7 Å². The quantitative estimate of drug-likeness (QED) is 0.412. The molecule has 0 aromatic carbocycles. The van der Waals surface area contributed by atoms with Crippen molar-refractivity contribution in [2.45, 2.75) is 53.1 Å². The van der Waals surface area contributed by atoms with Crippen LogP contribution in [-0.4, -0.2) is 27.6 Å². The Labute approximate surface area is 158 Å². The highest BCUT2D eigenvalue weighted by Gasteiger charge is 2.19. The summed E-state index contributed by atoms with van der Waals surface area (Å²) in [5, 5.41) is 10.1. The first-order chi connectivity index (χ1) is 10.9. The molecule has 0 amide bonds. The van der Waals surface area contributed by atoms with Gasteiger partial charge >= 0.3 is 0 Å². The molecule has 0 spiro atoms. The molecule has 2 heterocycles. The molecule has 0 saturated heterocycles. The molecule has 0 saturated carbocycles. The van der Waals surface area contributed by atoms with E-state index in [2.05, 4.69) is 51.5 Å². The first kappa shape index (κ1) is 20.4. The van der Waals surface area contributed by atoms with E-state index in [1.165, 1.54) is 0 Å². The first-order valence-corrected chi connectivity index (χ1v) is 7.65. The zero-order valence-corrected chi connectivity index (χ0v) is 17.0. The van der Waals surface area contributed by atoms with Crippen LogP contribution < -0.4 is 10.6 Å². The van der Waals surface area contributed by atoms with Gasteiger partial charge in [-0.1, -0.05) is 25.9 Å². The Morgan fingerprint density at radius 2 is 2.04 bits per heavy atom. The van der Waals surface area contributed by atoms with Gasteiger partial charge in [0.25, 0.3) is 0 Å². The van der Waals surface area contributed by atoms with E-state index in [0.717, 1.165) is 12.3 Å². The minimum absolute atomic E-state index is 0. The van der Waals surface area contributed by atoms with Gasteiger partial charge in [-0.25, -0.2) is 9.98 Å². The number of hydrogen-bond acceptors (Lipinski definition) is 6. The topological polar surface area (TPSA) is 101 Å². The van der Waals surface area contributed by atoms with Crippen LogP contribution in [0.2, 0.25) is 0 Å². The van der Waals surface area contributed by atoms with Crippen LogP contribution in [0, 0.1) is 6.92 Å². The SMILES string of the molecule is CCNC(=NCc1noc(C)n1)NCc1ncc(C(C)(C)C)o1.I. The van der Waals surface area contributed by atoms with Gasteiger partial charge in [-0.2, -0.15) is 4.98 Å². The molecular weight excluding hydrogens is 423 g/mol. The van der Waals surface area contributed by atoms with Gasteiger partial charge in [0, 0.05) is 18.9 Å². The summed E-state index contributed by atoms with van der Waals surface area (Å²) in [6.45, 7) is 11.5. The fourth-order valence-electron chi connectivity index (χ4n) is 1.80. The van der Waals surface area contributed by atoms with E-state index in [4.69, 9.17) is 8.94 Å². The number of aromatic nitrogens is 3. The summed E-state index contributed by atoms with van der Waals surface area (Å²) in [6, 6.07) is 0. The molecule has 8 nitrogen and oxygen atoms in total. The van der Waals surface area contributed by atoms with Crippen molar-refractivity contribution in [1.29, 1.82) is 0 Å². The average Bonchev–Trinajstić information content (AvgIpc) is 3.10. The van der Waals surface area contributed by atoms with Crippen molar-refractivity contribution < 1.29 is 8.94 Å². The van der Waals surface area contributed by atoms with Gasteiger partial charge in [-0.15, -0.1) is 24.0 Å². The Hall–Kier alpha value is -1.65. The second kappa shape index (κ2) is 9.00. The van der Waals surface area contributed by atoms with Gasteiger partial charge in [-0.05, 0) is 6.92 Å². The zero-order chi connectivity index (χ0) is 16.9. The smallest absolute Gasteiger partial charge is 0.223 e. The molecule has 0 unspecified atom stereocenters. The molecule has 0 radical (unpaired) electrons. The molecule has 2 aromatic heterocycles. The Balaban J connectivity index is 0.00000288. The number of nitrogens with one attached hydrogen (secondary N) is 2. The molecule has 0 aliphatic rings. The number of aliphatic imine (C=N–C) groups is 1. The van der Waals surface area contributed by atoms with Crippen molar-refractivity contribution in [3.05, 3.63) is 29.6 Å². The van der Waals surface area contributed by atoms with Gasteiger partial charge < -0.3 is 19.6 Å². The summed E-state index contributed by atoms with van der Waals surface area (Å²) in [4.78, 5) is 12.8. The number of aryl methyl sites for hydroxylation is 1. The fraction of sp³-hybridized carbons (Fsp3) is 0.600. The van der Waals surface area contributed by atoms with E-state index in [-0.39, 0.29) is 29.4 Å². The molecule has 2 N–H and O–H groups in total.